The van der Waals surface area contributed by atoms with Crippen molar-refractivity contribution in [3.05, 3.63) is 0 Å². The normalized spacial score (nSPS) is 20.2. The first-order chi connectivity index (χ1) is 9.08. The zero-order valence-corrected chi connectivity index (χ0v) is 16.2. The minimum Gasteiger partial charge on any atom is -0.355 e. The summed E-state index contributed by atoms with van der Waals surface area (Å²) >= 11 is 0. The summed E-state index contributed by atoms with van der Waals surface area (Å²) in [6, 6.07) is 0.615. The van der Waals surface area contributed by atoms with Gasteiger partial charge < -0.3 is 10.2 Å². The van der Waals surface area contributed by atoms with Crippen LogP contribution in [0.1, 0.15) is 40.5 Å². The molecule has 0 aromatic heterocycles. The minimum absolute atomic E-state index is 0. The molecule has 0 aliphatic carbocycles. The molecule has 120 valence electrons. The molecule has 4 nitrogen and oxygen atoms in total. The summed E-state index contributed by atoms with van der Waals surface area (Å²) in [4.78, 5) is 9.30. The highest BCUT2D eigenvalue weighted by Gasteiger charge is 2.19. The second kappa shape index (κ2) is 10.7. The van der Waals surface area contributed by atoms with Crippen molar-refractivity contribution in [2.24, 2.45) is 10.9 Å². The lowest BCUT2D eigenvalue weighted by atomic mass is 10.0. The topological polar surface area (TPSA) is 30.9 Å². The van der Waals surface area contributed by atoms with Gasteiger partial charge in [-0.15, -0.1) is 24.0 Å². The summed E-state index contributed by atoms with van der Waals surface area (Å²) < 4.78 is 0. The number of nitrogens with one attached hydrogen (secondary N) is 1. The van der Waals surface area contributed by atoms with Crippen molar-refractivity contribution in [3.63, 3.8) is 0 Å². The lowest BCUT2D eigenvalue weighted by molar-refractivity contribution is 0.233. The van der Waals surface area contributed by atoms with Crippen molar-refractivity contribution in [2.45, 2.75) is 46.6 Å². The van der Waals surface area contributed by atoms with Crippen molar-refractivity contribution in [2.75, 3.05) is 39.8 Å². The van der Waals surface area contributed by atoms with Crippen LogP contribution in [0, 0.1) is 5.92 Å². The van der Waals surface area contributed by atoms with Crippen LogP contribution in [0.25, 0.3) is 0 Å². The van der Waals surface area contributed by atoms with Gasteiger partial charge in [-0.3, -0.25) is 9.89 Å². The first-order valence-corrected chi connectivity index (χ1v) is 7.78. The molecule has 0 aromatic rings. The van der Waals surface area contributed by atoms with Crippen LogP contribution in [-0.2, 0) is 0 Å². The number of likely N-dealkylation sites (tertiary alicyclic amines) is 1. The standard InChI is InChI=1S/C15H32N4.HI/c1-6-18(13(2)3)11-9-17-15(16-5)19-10-7-8-14(4)12-19;/h13-14H,6-12H2,1-5H3,(H,16,17);1H. The van der Waals surface area contributed by atoms with Crippen molar-refractivity contribution in [3.8, 4) is 0 Å². The second-order valence-corrected chi connectivity index (χ2v) is 5.89. The number of hydrogen-bond acceptors (Lipinski definition) is 2. The van der Waals surface area contributed by atoms with Gasteiger partial charge in [0.15, 0.2) is 5.96 Å². The predicted octanol–water partition coefficient (Wildman–Crippen LogP) is 2.64. The number of guanidine groups is 1. The summed E-state index contributed by atoms with van der Waals surface area (Å²) in [5.74, 6) is 1.86. The fraction of sp³-hybridized carbons (Fsp3) is 0.933. The minimum atomic E-state index is 0. The molecule has 0 bridgehead atoms. The van der Waals surface area contributed by atoms with Crippen LogP contribution in [0.3, 0.4) is 0 Å². The van der Waals surface area contributed by atoms with Crippen molar-refractivity contribution < 1.29 is 0 Å². The van der Waals surface area contributed by atoms with E-state index in [1.54, 1.807) is 0 Å². The number of hydrogen-bond donors (Lipinski definition) is 1. The molecule has 1 atom stereocenters. The van der Waals surface area contributed by atoms with Crippen LogP contribution in [-0.4, -0.2) is 61.6 Å². The SMILES string of the molecule is CCN(CCNC(=NC)N1CCCC(C)C1)C(C)C.I. The van der Waals surface area contributed by atoms with E-state index >= 15 is 0 Å². The Morgan fingerprint density at radius 1 is 1.45 bits per heavy atom. The van der Waals surface area contributed by atoms with Gasteiger partial charge in [0.2, 0.25) is 0 Å². The van der Waals surface area contributed by atoms with Crippen LogP contribution in [0.5, 0.6) is 0 Å². The third kappa shape index (κ3) is 6.61. The Labute approximate surface area is 142 Å². The van der Waals surface area contributed by atoms with E-state index < -0.39 is 0 Å². The average molecular weight is 396 g/mol. The number of halogens is 1. The van der Waals surface area contributed by atoms with Crippen molar-refractivity contribution in [1.29, 1.82) is 0 Å². The number of likely N-dealkylation sites (N-methyl/N-ethyl adjacent to an activating group) is 1. The first kappa shape index (κ1) is 20.0. The maximum Gasteiger partial charge on any atom is 0.193 e. The number of nitrogens with zero attached hydrogens (tertiary/aromatic N) is 3. The van der Waals surface area contributed by atoms with Gasteiger partial charge in [-0.2, -0.15) is 0 Å². The van der Waals surface area contributed by atoms with Crippen LogP contribution in [0.15, 0.2) is 4.99 Å². The maximum atomic E-state index is 4.43. The Morgan fingerprint density at radius 2 is 2.15 bits per heavy atom. The van der Waals surface area contributed by atoms with Crippen LogP contribution < -0.4 is 5.32 Å². The van der Waals surface area contributed by atoms with Crippen LogP contribution in [0.2, 0.25) is 0 Å². The third-order valence-electron chi connectivity index (χ3n) is 3.99. The summed E-state index contributed by atoms with van der Waals surface area (Å²) in [7, 11) is 1.89. The van der Waals surface area contributed by atoms with E-state index in [0.717, 1.165) is 44.6 Å². The lowest BCUT2D eigenvalue weighted by Gasteiger charge is -2.34. The molecule has 1 aliphatic heterocycles. The van der Waals surface area contributed by atoms with Crippen molar-refractivity contribution in [1.82, 2.24) is 15.1 Å². The Balaban J connectivity index is 0.00000361. The Hall–Kier alpha value is -0.0400. The Bertz CT molecular complexity index is 281. The third-order valence-corrected chi connectivity index (χ3v) is 3.99. The number of piperidine rings is 1. The van der Waals surface area contributed by atoms with Gasteiger partial charge in [-0.05, 0) is 39.2 Å². The average Bonchev–Trinajstić information content (AvgIpc) is 2.38. The largest absolute Gasteiger partial charge is 0.355 e. The highest BCUT2D eigenvalue weighted by molar-refractivity contribution is 14.0. The van der Waals surface area contributed by atoms with Gasteiger partial charge in [0, 0.05) is 39.3 Å². The van der Waals surface area contributed by atoms with E-state index in [0.29, 0.717) is 6.04 Å². The zero-order chi connectivity index (χ0) is 14.3. The highest BCUT2D eigenvalue weighted by Crippen LogP contribution is 2.15. The summed E-state index contributed by atoms with van der Waals surface area (Å²) in [6.07, 6.45) is 2.64. The molecular formula is C15H33IN4. The predicted molar refractivity (Wildman–Crippen MR) is 99.1 cm³/mol. The van der Waals surface area contributed by atoms with Gasteiger partial charge in [0.25, 0.3) is 0 Å². The molecule has 0 aromatic carbocycles. The molecular weight excluding hydrogens is 363 g/mol. The molecule has 1 saturated heterocycles. The molecule has 0 radical (unpaired) electrons. The molecule has 0 saturated carbocycles. The van der Waals surface area contributed by atoms with Gasteiger partial charge in [-0.25, -0.2) is 0 Å². The molecule has 0 amide bonds. The van der Waals surface area contributed by atoms with Crippen molar-refractivity contribution >= 4 is 29.9 Å². The van der Waals surface area contributed by atoms with E-state index in [1.807, 2.05) is 7.05 Å². The van der Waals surface area contributed by atoms with Gasteiger partial charge in [0.05, 0.1) is 0 Å². The molecule has 1 N–H and O–H groups in total. The molecule has 1 rings (SSSR count). The van der Waals surface area contributed by atoms with E-state index in [9.17, 15) is 0 Å². The second-order valence-electron chi connectivity index (χ2n) is 5.89. The number of aliphatic imine (C=N–C) groups is 1. The Kier molecular flexibility index (Phi) is 10.6. The van der Waals surface area contributed by atoms with Crippen LogP contribution >= 0.6 is 24.0 Å². The highest BCUT2D eigenvalue weighted by atomic mass is 127. The summed E-state index contributed by atoms with van der Waals surface area (Å²) in [6.45, 7) is 14.5. The molecule has 0 spiro atoms. The fourth-order valence-corrected chi connectivity index (χ4v) is 2.81. The molecule has 1 aliphatic rings. The maximum absolute atomic E-state index is 4.43. The molecule has 5 heteroatoms. The summed E-state index contributed by atoms with van der Waals surface area (Å²) in [5.41, 5.74) is 0. The zero-order valence-electron chi connectivity index (χ0n) is 13.9. The first-order valence-electron chi connectivity index (χ1n) is 7.78. The van der Waals surface area contributed by atoms with Gasteiger partial charge in [-0.1, -0.05) is 13.8 Å². The number of rotatable bonds is 5. The lowest BCUT2D eigenvalue weighted by Crippen LogP contribution is -2.48. The molecule has 20 heavy (non-hydrogen) atoms. The quantitative estimate of drug-likeness (QED) is 0.441. The smallest absolute Gasteiger partial charge is 0.193 e. The van der Waals surface area contributed by atoms with Gasteiger partial charge >= 0.3 is 0 Å². The summed E-state index contributed by atoms with van der Waals surface area (Å²) in [5, 5.41) is 3.51. The Morgan fingerprint density at radius 3 is 2.65 bits per heavy atom. The van der Waals surface area contributed by atoms with Crippen LogP contribution in [0.4, 0.5) is 0 Å². The van der Waals surface area contributed by atoms with E-state index in [4.69, 9.17) is 0 Å². The fourth-order valence-electron chi connectivity index (χ4n) is 2.81. The molecule has 1 heterocycles. The monoisotopic (exact) mass is 396 g/mol. The molecule has 1 unspecified atom stereocenters. The molecule has 1 fully saturated rings. The van der Waals surface area contributed by atoms with E-state index in [1.165, 1.54) is 12.8 Å². The van der Waals surface area contributed by atoms with E-state index in [2.05, 4.69) is 47.8 Å². The van der Waals surface area contributed by atoms with E-state index in [-0.39, 0.29) is 24.0 Å². The van der Waals surface area contributed by atoms with Gasteiger partial charge in [0.1, 0.15) is 0 Å².